The van der Waals surface area contributed by atoms with Crippen LogP contribution in [0.3, 0.4) is 0 Å². The van der Waals surface area contributed by atoms with Crippen LogP contribution in [0.1, 0.15) is 19.4 Å². The number of guanidine groups is 1. The molecule has 0 atom stereocenters. The number of phenols is 1. The maximum atomic E-state index is 9.78. The smallest absolute Gasteiger partial charge is 0.191 e. The molecule has 3 N–H and O–H groups in total. The lowest BCUT2D eigenvalue weighted by atomic mass is 10.2. The number of hydrogen-bond acceptors (Lipinski definition) is 3. The molecule has 5 nitrogen and oxygen atoms in total. The van der Waals surface area contributed by atoms with E-state index in [0.717, 1.165) is 23.8 Å². The summed E-state index contributed by atoms with van der Waals surface area (Å²) >= 11 is 0. The Morgan fingerprint density at radius 3 is 2.68 bits per heavy atom. The fourth-order valence-electron chi connectivity index (χ4n) is 1.53. The molecule has 1 aromatic carbocycles. The molecule has 0 amide bonds. The summed E-state index contributed by atoms with van der Waals surface area (Å²) in [5, 5.41) is 16.1. The third-order valence-corrected chi connectivity index (χ3v) is 2.63. The van der Waals surface area contributed by atoms with E-state index in [-0.39, 0.29) is 5.75 Å². The number of aliphatic imine (C=N–C) groups is 1. The van der Waals surface area contributed by atoms with Crippen LogP contribution in [-0.4, -0.2) is 31.8 Å². The Hall–Kier alpha value is -1.91. The fourth-order valence-corrected chi connectivity index (χ4v) is 1.53. The Morgan fingerprint density at radius 2 is 2.11 bits per heavy atom. The van der Waals surface area contributed by atoms with Gasteiger partial charge in [0.25, 0.3) is 0 Å². The summed E-state index contributed by atoms with van der Waals surface area (Å²) < 4.78 is 5.14. The van der Waals surface area contributed by atoms with Gasteiger partial charge >= 0.3 is 0 Å². The van der Waals surface area contributed by atoms with Crippen LogP contribution in [0, 0.1) is 5.92 Å². The van der Waals surface area contributed by atoms with Crippen molar-refractivity contribution in [2.45, 2.75) is 20.4 Å². The Balaban J connectivity index is 2.59. The zero-order valence-electron chi connectivity index (χ0n) is 12.0. The zero-order valence-corrected chi connectivity index (χ0v) is 12.0. The molecule has 0 saturated carbocycles. The highest BCUT2D eigenvalue weighted by Gasteiger charge is 2.05. The third-order valence-electron chi connectivity index (χ3n) is 2.63. The molecule has 5 heteroatoms. The van der Waals surface area contributed by atoms with Crippen LogP contribution in [0.15, 0.2) is 23.2 Å². The molecule has 0 fully saturated rings. The molecule has 0 aliphatic rings. The van der Waals surface area contributed by atoms with Crippen LogP contribution in [0.4, 0.5) is 0 Å². The maximum Gasteiger partial charge on any atom is 0.191 e. The lowest BCUT2D eigenvalue weighted by Gasteiger charge is -2.14. The SMILES string of the molecule is CN=C(NCc1cc(OC)ccc1O)NCC(C)C. The largest absolute Gasteiger partial charge is 0.508 e. The molecule has 106 valence electrons. The number of methoxy groups -OCH3 is 1. The minimum atomic E-state index is 0.243. The summed E-state index contributed by atoms with van der Waals surface area (Å²) in [6, 6.07) is 5.16. The van der Waals surface area contributed by atoms with Gasteiger partial charge in [-0.15, -0.1) is 0 Å². The van der Waals surface area contributed by atoms with E-state index in [1.807, 2.05) is 0 Å². The number of nitrogens with one attached hydrogen (secondary N) is 2. The van der Waals surface area contributed by atoms with Gasteiger partial charge in [0.2, 0.25) is 0 Å². The monoisotopic (exact) mass is 265 g/mol. The van der Waals surface area contributed by atoms with Crippen molar-refractivity contribution in [3.8, 4) is 11.5 Å². The van der Waals surface area contributed by atoms with Gasteiger partial charge in [0, 0.05) is 25.7 Å². The number of ether oxygens (including phenoxy) is 1. The summed E-state index contributed by atoms with van der Waals surface area (Å²) in [7, 11) is 3.33. The maximum absolute atomic E-state index is 9.78. The molecular weight excluding hydrogens is 242 g/mol. The summed E-state index contributed by atoms with van der Waals surface area (Å²) in [4.78, 5) is 4.13. The molecular formula is C14H23N3O2. The second kappa shape index (κ2) is 7.51. The van der Waals surface area contributed by atoms with Crippen LogP contribution >= 0.6 is 0 Å². The van der Waals surface area contributed by atoms with E-state index in [2.05, 4.69) is 29.5 Å². The minimum Gasteiger partial charge on any atom is -0.508 e. The third kappa shape index (κ3) is 5.07. The van der Waals surface area contributed by atoms with Gasteiger partial charge < -0.3 is 20.5 Å². The van der Waals surface area contributed by atoms with Crippen molar-refractivity contribution in [2.24, 2.45) is 10.9 Å². The van der Waals surface area contributed by atoms with Crippen molar-refractivity contribution in [1.82, 2.24) is 10.6 Å². The van der Waals surface area contributed by atoms with E-state index in [1.165, 1.54) is 0 Å². The predicted molar refractivity (Wildman–Crippen MR) is 77.7 cm³/mol. The number of aromatic hydroxyl groups is 1. The van der Waals surface area contributed by atoms with Gasteiger partial charge in [0.15, 0.2) is 5.96 Å². The fraction of sp³-hybridized carbons (Fsp3) is 0.500. The first-order valence-corrected chi connectivity index (χ1v) is 6.37. The molecule has 0 radical (unpaired) electrons. The van der Waals surface area contributed by atoms with Crippen molar-refractivity contribution in [1.29, 1.82) is 0 Å². The van der Waals surface area contributed by atoms with Crippen molar-refractivity contribution in [3.63, 3.8) is 0 Å². The Labute approximate surface area is 114 Å². The molecule has 0 saturated heterocycles. The van der Waals surface area contributed by atoms with E-state index in [1.54, 1.807) is 32.4 Å². The highest BCUT2D eigenvalue weighted by molar-refractivity contribution is 5.79. The van der Waals surface area contributed by atoms with Gasteiger partial charge in [-0.1, -0.05) is 13.8 Å². The highest BCUT2D eigenvalue weighted by Crippen LogP contribution is 2.22. The predicted octanol–water partition coefficient (Wildman–Crippen LogP) is 1.72. The molecule has 0 aromatic heterocycles. The molecule has 19 heavy (non-hydrogen) atoms. The van der Waals surface area contributed by atoms with Crippen LogP contribution in [0.25, 0.3) is 0 Å². The van der Waals surface area contributed by atoms with E-state index >= 15 is 0 Å². The normalized spacial score (nSPS) is 11.5. The Morgan fingerprint density at radius 1 is 1.37 bits per heavy atom. The van der Waals surface area contributed by atoms with E-state index in [4.69, 9.17) is 4.74 Å². The summed E-state index contributed by atoms with van der Waals surface area (Å²) in [6.07, 6.45) is 0. The quantitative estimate of drug-likeness (QED) is 0.560. The first-order chi connectivity index (χ1) is 9.06. The Kier molecular flexibility index (Phi) is 5.99. The number of hydrogen-bond donors (Lipinski definition) is 3. The van der Waals surface area contributed by atoms with Gasteiger partial charge in [0.1, 0.15) is 11.5 Å². The first kappa shape index (κ1) is 15.1. The number of benzene rings is 1. The summed E-state index contributed by atoms with van der Waals surface area (Å²) in [5.74, 6) is 2.23. The molecule has 0 aliphatic heterocycles. The van der Waals surface area contributed by atoms with Crippen LogP contribution in [0.2, 0.25) is 0 Å². The molecule has 1 aromatic rings. The zero-order chi connectivity index (χ0) is 14.3. The van der Waals surface area contributed by atoms with Crippen LogP contribution in [0.5, 0.6) is 11.5 Å². The van der Waals surface area contributed by atoms with Crippen LogP contribution < -0.4 is 15.4 Å². The van der Waals surface area contributed by atoms with E-state index < -0.39 is 0 Å². The van der Waals surface area contributed by atoms with Gasteiger partial charge in [0.05, 0.1) is 7.11 Å². The molecule has 0 unspecified atom stereocenters. The van der Waals surface area contributed by atoms with Crippen molar-refractivity contribution >= 4 is 5.96 Å². The average Bonchev–Trinajstić information content (AvgIpc) is 2.40. The van der Waals surface area contributed by atoms with Crippen LogP contribution in [-0.2, 0) is 6.54 Å². The lowest BCUT2D eigenvalue weighted by Crippen LogP contribution is -2.38. The Bertz CT molecular complexity index is 431. The van der Waals surface area contributed by atoms with E-state index in [9.17, 15) is 5.11 Å². The summed E-state index contributed by atoms with van der Waals surface area (Å²) in [6.45, 7) is 5.60. The van der Waals surface area contributed by atoms with Gasteiger partial charge in [-0.05, 0) is 24.1 Å². The second-order valence-electron chi connectivity index (χ2n) is 4.70. The minimum absolute atomic E-state index is 0.243. The molecule has 0 heterocycles. The van der Waals surface area contributed by atoms with E-state index in [0.29, 0.717) is 12.5 Å². The standard InChI is InChI=1S/C14H23N3O2/c1-10(2)8-16-14(15-3)17-9-11-7-12(19-4)5-6-13(11)18/h5-7,10,18H,8-9H2,1-4H3,(H2,15,16,17). The summed E-state index contributed by atoms with van der Waals surface area (Å²) in [5.41, 5.74) is 0.770. The van der Waals surface area contributed by atoms with Gasteiger partial charge in [-0.2, -0.15) is 0 Å². The molecule has 0 aliphatic carbocycles. The molecule has 1 rings (SSSR count). The van der Waals surface area contributed by atoms with Crippen molar-refractivity contribution < 1.29 is 9.84 Å². The lowest BCUT2D eigenvalue weighted by molar-refractivity contribution is 0.410. The van der Waals surface area contributed by atoms with Gasteiger partial charge in [-0.3, -0.25) is 4.99 Å². The van der Waals surface area contributed by atoms with Gasteiger partial charge in [-0.25, -0.2) is 0 Å². The van der Waals surface area contributed by atoms with Crippen molar-refractivity contribution in [3.05, 3.63) is 23.8 Å². The number of phenolic OH excluding ortho intramolecular Hbond substituents is 1. The first-order valence-electron chi connectivity index (χ1n) is 6.37. The molecule has 0 bridgehead atoms. The highest BCUT2D eigenvalue weighted by atomic mass is 16.5. The number of rotatable bonds is 5. The topological polar surface area (TPSA) is 65.9 Å². The number of nitrogens with zero attached hydrogens (tertiary/aromatic N) is 1. The van der Waals surface area contributed by atoms with Crippen molar-refractivity contribution in [2.75, 3.05) is 20.7 Å². The second-order valence-corrected chi connectivity index (χ2v) is 4.70. The average molecular weight is 265 g/mol. The molecule has 0 spiro atoms.